The number of likely N-dealkylation sites (tertiary alicyclic amines) is 1. The maximum Gasteiger partial charge on any atom is 0.288 e. The molecular weight excluding hydrogens is 328 g/mol. The summed E-state index contributed by atoms with van der Waals surface area (Å²) in [6.07, 6.45) is 2.29. The maximum atomic E-state index is 10.7. The molecule has 2 heterocycles. The summed E-state index contributed by atoms with van der Waals surface area (Å²) >= 11 is 3.32. The Kier molecular flexibility index (Phi) is 5.27. The van der Waals surface area contributed by atoms with Gasteiger partial charge in [0.2, 0.25) is 0 Å². The number of rotatable bonds is 6. The van der Waals surface area contributed by atoms with Gasteiger partial charge in [-0.05, 0) is 22.4 Å². The molecule has 0 radical (unpaired) electrons. The fourth-order valence-corrected chi connectivity index (χ4v) is 2.65. The molecule has 8 heteroatoms. The molecule has 2 rings (SSSR count). The lowest BCUT2D eigenvalue weighted by molar-refractivity contribution is -0.385. The molecule has 1 saturated heterocycles. The monoisotopic (exact) mass is 344 g/mol. The summed E-state index contributed by atoms with van der Waals surface area (Å²) in [5, 5.41) is 14.0. The minimum Gasteiger partial charge on any atom is -0.383 e. The second-order valence-corrected chi connectivity index (χ2v) is 5.56. The van der Waals surface area contributed by atoms with E-state index in [1.807, 2.05) is 0 Å². The smallest absolute Gasteiger partial charge is 0.288 e. The molecule has 0 saturated carbocycles. The van der Waals surface area contributed by atoms with Crippen LogP contribution in [0.4, 0.5) is 11.5 Å². The van der Waals surface area contributed by atoms with Gasteiger partial charge in [0, 0.05) is 38.9 Å². The van der Waals surface area contributed by atoms with Crippen LogP contribution in [-0.4, -0.2) is 54.2 Å². The van der Waals surface area contributed by atoms with E-state index in [1.54, 1.807) is 7.11 Å². The van der Waals surface area contributed by atoms with Gasteiger partial charge < -0.3 is 10.1 Å². The molecule has 1 aliphatic rings. The van der Waals surface area contributed by atoms with E-state index >= 15 is 0 Å². The molecule has 1 fully saturated rings. The zero-order valence-corrected chi connectivity index (χ0v) is 12.8. The van der Waals surface area contributed by atoms with Crippen LogP contribution in [0.1, 0.15) is 6.42 Å². The van der Waals surface area contributed by atoms with Gasteiger partial charge in [0.05, 0.1) is 16.0 Å². The number of ether oxygens (including phenoxy) is 1. The van der Waals surface area contributed by atoms with Crippen LogP contribution in [0.5, 0.6) is 0 Å². The largest absolute Gasteiger partial charge is 0.383 e. The van der Waals surface area contributed by atoms with Crippen LogP contribution in [0.15, 0.2) is 16.7 Å². The number of aromatic nitrogens is 1. The minimum atomic E-state index is -0.455. The highest BCUT2D eigenvalue weighted by Gasteiger charge is 2.23. The summed E-state index contributed by atoms with van der Waals surface area (Å²) in [6.45, 7) is 3.59. The van der Waals surface area contributed by atoms with Crippen molar-refractivity contribution in [2.45, 2.75) is 12.5 Å². The predicted octanol–water partition coefficient (Wildman–Crippen LogP) is 1.88. The van der Waals surface area contributed by atoms with Gasteiger partial charge in [-0.2, -0.15) is 0 Å². The van der Waals surface area contributed by atoms with Crippen LogP contribution in [0.3, 0.4) is 0 Å². The summed E-state index contributed by atoms with van der Waals surface area (Å²) < 4.78 is 5.68. The van der Waals surface area contributed by atoms with E-state index in [0.29, 0.717) is 16.3 Å². The van der Waals surface area contributed by atoms with E-state index in [-0.39, 0.29) is 5.69 Å². The van der Waals surface area contributed by atoms with E-state index in [9.17, 15) is 10.1 Å². The molecule has 0 amide bonds. The third kappa shape index (κ3) is 3.87. The fourth-order valence-electron chi connectivity index (χ4n) is 2.20. The molecule has 1 unspecified atom stereocenters. The standard InChI is InChI=1S/C12H17BrN4O3/c1-20-5-4-16-3-2-9(8-16)15-12-11(13)6-10(7-14-12)17(18)19/h6-7,9H,2-5,8H2,1H3,(H,14,15). The van der Waals surface area contributed by atoms with Crippen molar-refractivity contribution in [3.05, 3.63) is 26.9 Å². The first-order valence-electron chi connectivity index (χ1n) is 6.38. The molecule has 0 bridgehead atoms. The molecular formula is C12H17BrN4O3. The lowest BCUT2D eigenvalue weighted by Gasteiger charge is -2.16. The fraction of sp³-hybridized carbons (Fsp3) is 0.583. The zero-order chi connectivity index (χ0) is 14.5. The van der Waals surface area contributed by atoms with E-state index in [2.05, 4.69) is 31.1 Å². The summed E-state index contributed by atoms with van der Waals surface area (Å²) in [6, 6.07) is 1.77. The Balaban J connectivity index is 1.92. The Bertz CT molecular complexity index is 486. The molecule has 7 nitrogen and oxygen atoms in total. The second kappa shape index (κ2) is 6.96. The molecule has 0 aliphatic carbocycles. The van der Waals surface area contributed by atoms with Gasteiger partial charge in [-0.25, -0.2) is 4.98 Å². The molecule has 20 heavy (non-hydrogen) atoms. The van der Waals surface area contributed by atoms with Gasteiger partial charge >= 0.3 is 0 Å². The summed E-state index contributed by atoms with van der Waals surface area (Å²) in [7, 11) is 1.70. The molecule has 1 aromatic rings. The third-order valence-corrected chi connectivity index (χ3v) is 3.87. The van der Waals surface area contributed by atoms with E-state index in [4.69, 9.17) is 4.74 Å². The highest BCUT2D eigenvalue weighted by molar-refractivity contribution is 9.10. The molecule has 0 spiro atoms. The molecule has 1 aliphatic heterocycles. The van der Waals surface area contributed by atoms with Crippen molar-refractivity contribution < 1.29 is 9.66 Å². The molecule has 1 aromatic heterocycles. The minimum absolute atomic E-state index is 0.0180. The topological polar surface area (TPSA) is 80.5 Å². The number of pyridine rings is 1. The number of methoxy groups -OCH3 is 1. The number of nitrogens with zero attached hydrogens (tertiary/aromatic N) is 3. The van der Waals surface area contributed by atoms with Gasteiger partial charge in [0.1, 0.15) is 12.0 Å². The van der Waals surface area contributed by atoms with E-state index < -0.39 is 4.92 Å². The molecule has 110 valence electrons. The SMILES string of the molecule is COCCN1CCC(Nc2ncc([N+](=O)[O-])cc2Br)C1. The number of nitro groups is 1. The Morgan fingerprint density at radius 2 is 2.50 bits per heavy atom. The quantitative estimate of drug-likeness (QED) is 0.626. The highest BCUT2D eigenvalue weighted by atomic mass is 79.9. The van der Waals surface area contributed by atoms with Crippen LogP contribution < -0.4 is 5.32 Å². The van der Waals surface area contributed by atoms with Crippen molar-refractivity contribution in [3.8, 4) is 0 Å². The summed E-state index contributed by atoms with van der Waals surface area (Å²) in [5.74, 6) is 0.647. The van der Waals surface area contributed by atoms with Crippen molar-refractivity contribution in [1.82, 2.24) is 9.88 Å². The Labute approximate surface area is 125 Å². The maximum absolute atomic E-state index is 10.7. The van der Waals surface area contributed by atoms with Gasteiger partial charge in [-0.1, -0.05) is 0 Å². The Morgan fingerprint density at radius 1 is 1.70 bits per heavy atom. The average Bonchev–Trinajstić information content (AvgIpc) is 2.86. The normalized spacial score (nSPS) is 19.2. The molecule has 1 atom stereocenters. The number of hydrogen-bond acceptors (Lipinski definition) is 6. The lowest BCUT2D eigenvalue weighted by atomic mass is 10.2. The first kappa shape index (κ1) is 15.1. The van der Waals surface area contributed by atoms with Crippen molar-refractivity contribution >= 4 is 27.4 Å². The van der Waals surface area contributed by atoms with Crippen LogP contribution >= 0.6 is 15.9 Å². The van der Waals surface area contributed by atoms with Crippen molar-refractivity contribution in [1.29, 1.82) is 0 Å². The number of hydrogen-bond donors (Lipinski definition) is 1. The van der Waals surface area contributed by atoms with Crippen LogP contribution in [-0.2, 0) is 4.74 Å². The van der Waals surface area contributed by atoms with E-state index in [0.717, 1.165) is 32.7 Å². The van der Waals surface area contributed by atoms with Gasteiger partial charge in [0.25, 0.3) is 5.69 Å². The zero-order valence-electron chi connectivity index (χ0n) is 11.2. The third-order valence-electron chi connectivity index (χ3n) is 3.26. The molecule has 0 aromatic carbocycles. The summed E-state index contributed by atoms with van der Waals surface area (Å²) in [5.41, 5.74) is -0.0180. The predicted molar refractivity (Wildman–Crippen MR) is 78.9 cm³/mol. The summed E-state index contributed by atoms with van der Waals surface area (Å²) in [4.78, 5) is 16.6. The van der Waals surface area contributed by atoms with E-state index in [1.165, 1.54) is 12.3 Å². The highest BCUT2D eigenvalue weighted by Crippen LogP contribution is 2.26. The van der Waals surface area contributed by atoms with Gasteiger partial charge in [-0.15, -0.1) is 0 Å². The van der Waals surface area contributed by atoms with Crippen molar-refractivity contribution in [3.63, 3.8) is 0 Å². The number of halogens is 1. The van der Waals surface area contributed by atoms with Crippen LogP contribution in [0.25, 0.3) is 0 Å². The van der Waals surface area contributed by atoms with Gasteiger partial charge in [0.15, 0.2) is 0 Å². The first-order valence-corrected chi connectivity index (χ1v) is 7.17. The van der Waals surface area contributed by atoms with Crippen LogP contribution in [0, 0.1) is 10.1 Å². The van der Waals surface area contributed by atoms with Crippen LogP contribution in [0.2, 0.25) is 0 Å². The number of anilines is 1. The first-order chi connectivity index (χ1) is 9.60. The average molecular weight is 345 g/mol. The lowest BCUT2D eigenvalue weighted by Crippen LogP contribution is -2.29. The Hall–Kier alpha value is -1.25. The second-order valence-electron chi connectivity index (χ2n) is 4.70. The number of nitrogens with one attached hydrogen (secondary N) is 1. The molecule has 1 N–H and O–H groups in total. The van der Waals surface area contributed by atoms with Gasteiger partial charge in [-0.3, -0.25) is 15.0 Å². The van der Waals surface area contributed by atoms with Crippen molar-refractivity contribution in [2.75, 3.05) is 38.7 Å². The van der Waals surface area contributed by atoms with Crippen molar-refractivity contribution in [2.24, 2.45) is 0 Å². The Morgan fingerprint density at radius 3 is 3.15 bits per heavy atom.